The number of fused-ring (bicyclic) bond motifs is 1. The summed E-state index contributed by atoms with van der Waals surface area (Å²) in [4.78, 5) is 3.90. The number of nitrogens with zero attached hydrogens (tertiary/aromatic N) is 1. The van der Waals surface area contributed by atoms with Gasteiger partial charge in [-0.1, -0.05) is 0 Å². The maximum atomic E-state index is 12.5. The zero-order chi connectivity index (χ0) is 13.6. The molecule has 2 atom stereocenters. The van der Waals surface area contributed by atoms with Crippen LogP contribution in [0.5, 0.6) is 0 Å². The molecule has 2 aromatic rings. The Labute approximate surface area is 123 Å². The molecule has 0 bridgehead atoms. The second kappa shape index (κ2) is 4.79. The summed E-state index contributed by atoms with van der Waals surface area (Å²) >= 11 is 2.24. The minimum atomic E-state index is -1.21. The third-order valence-corrected chi connectivity index (χ3v) is 5.55. The van der Waals surface area contributed by atoms with Crippen LogP contribution in [-0.4, -0.2) is 37.6 Å². The molecule has 4 nitrogen and oxygen atoms in total. The first-order valence-corrected chi connectivity index (χ1v) is 8.02. The van der Waals surface area contributed by atoms with Crippen LogP contribution < -0.4 is 0 Å². The summed E-state index contributed by atoms with van der Waals surface area (Å²) in [6.45, 7) is 2.90. The smallest absolute Gasteiger partial charge is 0.176 e. The Hall–Kier alpha value is -0.530. The zero-order valence-electron chi connectivity index (χ0n) is 10.5. The Morgan fingerprint density at radius 1 is 1.53 bits per heavy atom. The Balaban J connectivity index is 1.87. The van der Waals surface area contributed by atoms with Crippen LogP contribution in [0.15, 0.2) is 33.8 Å². The molecule has 19 heavy (non-hydrogen) atoms. The molecule has 2 heterocycles. The van der Waals surface area contributed by atoms with E-state index in [0.717, 1.165) is 20.3 Å². The monoisotopic (exact) mass is 342 g/mol. The number of aromatic nitrogens is 1. The molecule has 102 valence electrons. The maximum absolute atomic E-state index is 12.5. The second-order valence-corrected chi connectivity index (χ2v) is 7.54. The highest BCUT2D eigenvalue weighted by molar-refractivity contribution is 9.10. The van der Waals surface area contributed by atoms with Crippen molar-refractivity contribution in [1.29, 1.82) is 0 Å². The Morgan fingerprint density at radius 3 is 3.00 bits per heavy atom. The Kier molecular flexibility index (Phi) is 3.39. The number of nitrogens with one attached hydrogen (secondary N) is 1. The van der Waals surface area contributed by atoms with E-state index in [4.69, 9.17) is 0 Å². The third kappa shape index (κ3) is 2.55. The predicted octanol–water partition coefficient (Wildman–Crippen LogP) is 2.41. The minimum Gasteiger partial charge on any atom is -0.593 e. The van der Waals surface area contributed by atoms with E-state index in [1.165, 1.54) is 0 Å². The summed E-state index contributed by atoms with van der Waals surface area (Å²) in [5.41, 5.74) is 0.235. The van der Waals surface area contributed by atoms with Crippen LogP contribution in [0.3, 0.4) is 0 Å². The lowest BCUT2D eigenvalue weighted by atomic mass is 10.1. The summed E-state index contributed by atoms with van der Waals surface area (Å²) < 4.78 is 15.3. The average Bonchev–Trinajstić information content (AvgIpc) is 2.92. The first-order valence-electron chi connectivity index (χ1n) is 6.12. The van der Waals surface area contributed by atoms with Crippen molar-refractivity contribution in [1.82, 2.24) is 9.29 Å². The van der Waals surface area contributed by atoms with E-state index < -0.39 is 17.0 Å². The van der Waals surface area contributed by atoms with Gasteiger partial charge in [0.05, 0.1) is 29.0 Å². The zero-order valence-corrected chi connectivity index (χ0v) is 12.9. The maximum Gasteiger partial charge on any atom is 0.176 e. The highest BCUT2D eigenvalue weighted by Crippen LogP contribution is 2.30. The van der Waals surface area contributed by atoms with E-state index in [2.05, 4.69) is 20.9 Å². The van der Waals surface area contributed by atoms with Gasteiger partial charge in [-0.15, -0.1) is 4.31 Å². The number of rotatable bonds is 2. The molecule has 6 heteroatoms. The molecule has 0 radical (unpaired) electrons. The van der Waals surface area contributed by atoms with Crippen molar-refractivity contribution in [2.75, 3.05) is 13.1 Å². The van der Waals surface area contributed by atoms with Crippen molar-refractivity contribution < 1.29 is 9.66 Å². The summed E-state index contributed by atoms with van der Waals surface area (Å²) in [5, 5.41) is 11.0. The molecule has 2 unspecified atom stereocenters. The normalized spacial score (nSPS) is 26.1. The van der Waals surface area contributed by atoms with Gasteiger partial charge in [0.2, 0.25) is 0 Å². The summed E-state index contributed by atoms with van der Waals surface area (Å²) in [7, 11) is 0. The summed E-state index contributed by atoms with van der Waals surface area (Å²) in [6, 6.07) is 5.74. The molecule has 1 aliphatic rings. The van der Waals surface area contributed by atoms with Gasteiger partial charge in [-0.25, -0.2) is 0 Å². The molecule has 2 N–H and O–H groups in total. The van der Waals surface area contributed by atoms with Crippen LogP contribution in [0.25, 0.3) is 10.9 Å². The average molecular weight is 343 g/mol. The van der Waals surface area contributed by atoms with Crippen LogP contribution in [-0.2, 0) is 11.4 Å². The largest absolute Gasteiger partial charge is 0.593 e. The molecule has 1 fully saturated rings. The lowest BCUT2D eigenvalue weighted by Gasteiger charge is -2.20. The fraction of sp³-hybridized carbons (Fsp3) is 0.385. The molecule has 0 aliphatic carbocycles. The highest BCUT2D eigenvalue weighted by atomic mass is 79.9. The molecule has 0 saturated carbocycles. The van der Waals surface area contributed by atoms with E-state index in [1.807, 2.05) is 28.7 Å². The lowest BCUT2D eigenvalue weighted by molar-refractivity contribution is 0.0763. The van der Waals surface area contributed by atoms with Crippen LogP contribution >= 0.6 is 15.9 Å². The van der Waals surface area contributed by atoms with Gasteiger partial charge >= 0.3 is 0 Å². The number of halogens is 1. The van der Waals surface area contributed by atoms with E-state index in [1.54, 1.807) is 6.92 Å². The van der Waals surface area contributed by atoms with E-state index in [0.29, 0.717) is 19.5 Å². The van der Waals surface area contributed by atoms with Gasteiger partial charge in [-0.3, -0.25) is 0 Å². The molecule has 1 aromatic heterocycles. The van der Waals surface area contributed by atoms with Crippen molar-refractivity contribution in [3.8, 4) is 0 Å². The van der Waals surface area contributed by atoms with Gasteiger partial charge in [0.25, 0.3) is 0 Å². The van der Waals surface area contributed by atoms with Crippen molar-refractivity contribution in [3.63, 3.8) is 0 Å². The first kappa shape index (κ1) is 13.5. The standard InChI is InChI=1S/C13H15BrN2O2S/c1-13(17)4-5-16(8-13)19(18)9-2-3-10-11(14)7-15-12(10)6-9/h2-3,6-7,15,17H,4-5,8H2,1H3. The van der Waals surface area contributed by atoms with Crippen LogP contribution in [0.2, 0.25) is 0 Å². The van der Waals surface area contributed by atoms with Crippen molar-refractivity contribution in [2.45, 2.75) is 23.8 Å². The molecule has 0 spiro atoms. The molecule has 0 amide bonds. The van der Waals surface area contributed by atoms with Crippen LogP contribution in [0.4, 0.5) is 0 Å². The van der Waals surface area contributed by atoms with Gasteiger partial charge in [0.15, 0.2) is 4.90 Å². The van der Waals surface area contributed by atoms with Gasteiger partial charge in [0, 0.05) is 28.7 Å². The summed E-state index contributed by atoms with van der Waals surface area (Å²) in [5.74, 6) is 0. The van der Waals surface area contributed by atoms with Crippen LogP contribution in [0.1, 0.15) is 13.3 Å². The molecule has 1 aliphatic heterocycles. The highest BCUT2D eigenvalue weighted by Gasteiger charge is 2.38. The summed E-state index contributed by atoms with van der Waals surface area (Å²) in [6.07, 6.45) is 2.53. The van der Waals surface area contributed by atoms with E-state index in [-0.39, 0.29) is 0 Å². The molecular weight excluding hydrogens is 328 g/mol. The quantitative estimate of drug-likeness (QED) is 0.824. The Morgan fingerprint density at radius 2 is 2.32 bits per heavy atom. The Bertz CT molecular complexity index is 614. The minimum absolute atomic E-state index is 0.450. The topological polar surface area (TPSA) is 62.3 Å². The number of benzene rings is 1. The van der Waals surface area contributed by atoms with Crippen LogP contribution in [0, 0.1) is 0 Å². The van der Waals surface area contributed by atoms with E-state index in [9.17, 15) is 9.66 Å². The molecular formula is C13H15BrN2O2S. The van der Waals surface area contributed by atoms with Gasteiger partial charge in [0.1, 0.15) is 0 Å². The van der Waals surface area contributed by atoms with Gasteiger partial charge in [-0.2, -0.15) is 0 Å². The van der Waals surface area contributed by atoms with Crippen molar-refractivity contribution in [2.24, 2.45) is 0 Å². The number of β-amino-alcohol motifs (C(OH)–C–C–N with tert-alkyl or cyclic N) is 1. The fourth-order valence-electron chi connectivity index (χ4n) is 2.37. The van der Waals surface area contributed by atoms with Gasteiger partial charge < -0.3 is 14.6 Å². The molecule has 1 aromatic carbocycles. The number of hydrogen-bond acceptors (Lipinski definition) is 3. The number of aromatic amines is 1. The SMILES string of the molecule is CC1(O)CCN([S+]([O-])c2ccc3c(Br)c[nH]c3c2)C1. The predicted molar refractivity (Wildman–Crippen MR) is 79.2 cm³/mol. The van der Waals surface area contributed by atoms with Crippen molar-refractivity contribution in [3.05, 3.63) is 28.9 Å². The third-order valence-electron chi connectivity index (χ3n) is 3.46. The second-order valence-electron chi connectivity index (χ2n) is 5.20. The van der Waals surface area contributed by atoms with Gasteiger partial charge in [-0.05, 0) is 41.4 Å². The fourth-order valence-corrected chi connectivity index (χ4v) is 4.19. The number of hydrogen-bond donors (Lipinski definition) is 2. The molecule has 1 saturated heterocycles. The number of aliphatic hydroxyl groups is 1. The lowest BCUT2D eigenvalue weighted by Crippen LogP contribution is -2.33. The number of H-pyrrole nitrogens is 1. The van der Waals surface area contributed by atoms with Crippen molar-refractivity contribution >= 4 is 38.2 Å². The molecule has 3 rings (SSSR count). The first-order chi connectivity index (χ1) is 8.96. The van der Waals surface area contributed by atoms with E-state index >= 15 is 0 Å².